The van der Waals surface area contributed by atoms with E-state index in [0.717, 1.165) is 12.5 Å². The molecule has 32 heavy (non-hydrogen) atoms. The molecule has 0 saturated carbocycles. The molecule has 4 aromatic rings. The van der Waals surface area contributed by atoms with Crippen LogP contribution in [0.2, 0.25) is 5.15 Å². The lowest BCUT2D eigenvalue weighted by molar-refractivity contribution is 0.103. The normalized spacial score (nSPS) is 11.7. The smallest absolute Gasteiger partial charge is 0.265 e. The van der Waals surface area contributed by atoms with Gasteiger partial charge in [0, 0.05) is 6.20 Å². The molecule has 0 radical (unpaired) electrons. The number of aromatic nitrogens is 3. The van der Waals surface area contributed by atoms with Gasteiger partial charge in [-0.2, -0.15) is 0 Å². The molecule has 13 heteroatoms. The van der Waals surface area contributed by atoms with Gasteiger partial charge in [0.2, 0.25) is 5.78 Å². The number of ketones is 1. The summed E-state index contributed by atoms with van der Waals surface area (Å²) in [5.74, 6) is -6.40. The van der Waals surface area contributed by atoms with E-state index < -0.39 is 55.2 Å². The molecule has 0 aliphatic rings. The molecule has 2 heterocycles. The lowest BCUT2D eigenvalue weighted by Gasteiger charge is -2.12. The van der Waals surface area contributed by atoms with Crippen LogP contribution in [0.15, 0.2) is 47.8 Å². The van der Waals surface area contributed by atoms with E-state index in [1.54, 1.807) is 4.72 Å². The van der Waals surface area contributed by atoms with Crippen LogP contribution in [0.5, 0.6) is 0 Å². The summed E-state index contributed by atoms with van der Waals surface area (Å²) in [5.41, 5.74) is -2.10. The van der Waals surface area contributed by atoms with Gasteiger partial charge >= 0.3 is 0 Å². The first kappa shape index (κ1) is 21.7. The van der Waals surface area contributed by atoms with Crippen molar-refractivity contribution in [1.82, 2.24) is 15.0 Å². The predicted molar refractivity (Wildman–Crippen MR) is 106 cm³/mol. The van der Waals surface area contributed by atoms with Gasteiger partial charge in [0.25, 0.3) is 10.0 Å². The molecule has 0 unspecified atom stereocenters. The fourth-order valence-electron chi connectivity index (χ4n) is 2.96. The molecule has 0 bridgehead atoms. The molecule has 0 spiro atoms. The Hall–Kier alpha value is -3.51. The standard InChI is InChI=1S/C19H9ClF4N4O3S/c20-18-14-9(6-25-19(14)27-7-26-18)17(29)15-11(23)3-4-12(16(15)24)28-32(30,31)13-5-8(21)1-2-10(13)22/h1-7,28H,(H,25,26,27). The molecule has 0 aliphatic heterocycles. The molecule has 2 N–H and O–H groups in total. The van der Waals surface area contributed by atoms with E-state index in [1.807, 2.05) is 0 Å². The average molecular weight is 485 g/mol. The highest BCUT2D eigenvalue weighted by atomic mass is 35.5. The third-order valence-corrected chi connectivity index (χ3v) is 6.08. The molecule has 2 aromatic carbocycles. The van der Waals surface area contributed by atoms with Gasteiger partial charge in [0.1, 0.15) is 39.5 Å². The number of rotatable bonds is 5. The number of nitrogens with zero attached hydrogens (tertiary/aromatic N) is 2. The summed E-state index contributed by atoms with van der Waals surface area (Å²) in [7, 11) is -4.83. The van der Waals surface area contributed by atoms with Crippen LogP contribution >= 0.6 is 11.6 Å². The van der Waals surface area contributed by atoms with Crippen molar-refractivity contribution >= 4 is 44.1 Å². The molecule has 0 amide bonds. The minimum Gasteiger partial charge on any atom is -0.345 e. The maximum absolute atomic E-state index is 15.1. The Balaban J connectivity index is 1.80. The van der Waals surface area contributed by atoms with Gasteiger partial charge in [-0.05, 0) is 30.3 Å². The number of fused-ring (bicyclic) bond motifs is 1. The van der Waals surface area contributed by atoms with Crippen molar-refractivity contribution in [3.05, 3.63) is 82.4 Å². The maximum Gasteiger partial charge on any atom is 0.265 e. The second-order valence-corrected chi connectivity index (χ2v) is 8.39. The van der Waals surface area contributed by atoms with Crippen molar-refractivity contribution in [2.45, 2.75) is 4.90 Å². The number of hydrogen-bond donors (Lipinski definition) is 2. The number of carbonyl (C=O) groups excluding carboxylic acids is 1. The van der Waals surface area contributed by atoms with E-state index in [2.05, 4.69) is 15.0 Å². The lowest BCUT2D eigenvalue weighted by Crippen LogP contribution is -2.18. The third kappa shape index (κ3) is 3.67. The highest BCUT2D eigenvalue weighted by Crippen LogP contribution is 2.30. The zero-order valence-corrected chi connectivity index (χ0v) is 17.0. The fraction of sp³-hybridized carbons (Fsp3) is 0. The predicted octanol–water partition coefficient (Wildman–Crippen LogP) is 4.20. The molecule has 164 valence electrons. The van der Waals surface area contributed by atoms with E-state index in [0.29, 0.717) is 30.3 Å². The molecule has 7 nitrogen and oxygen atoms in total. The largest absolute Gasteiger partial charge is 0.345 e. The number of hydrogen-bond acceptors (Lipinski definition) is 5. The van der Waals surface area contributed by atoms with E-state index in [9.17, 15) is 26.4 Å². The second kappa shape index (κ2) is 7.88. The Kier molecular flexibility index (Phi) is 5.34. The van der Waals surface area contributed by atoms with Crippen molar-refractivity contribution in [3.8, 4) is 0 Å². The number of sulfonamides is 1. The van der Waals surface area contributed by atoms with Gasteiger partial charge in [0.15, 0.2) is 5.82 Å². The SMILES string of the molecule is O=C(c1c(F)ccc(NS(=O)(=O)c2cc(F)ccc2F)c1F)c1c[nH]c2ncnc(Cl)c12. The van der Waals surface area contributed by atoms with Crippen LogP contribution in [0.25, 0.3) is 11.0 Å². The first-order chi connectivity index (χ1) is 15.1. The van der Waals surface area contributed by atoms with E-state index in [-0.39, 0.29) is 21.7 Å². The van der Waals surface area contributed by atoms with Crippen molar-refractivity contribution in [1.29, 1.82) is 0 Å². The highest BCUT2D eigenvalue weighted by molar-refractivity contribution is 7.92. The summed E-state index contributed by atoms with van der Waals surface area (Å²) in [4.78, 5) is 22.0. The minimum atomic E-state index is -4.83. The number of halogens is 5. The van der Waals surface area contributed by atoms with Crippen LogP contribution in [0.3, 0.4) is 0 Å². The Morgan fingerprint density at radius 2 is 1.75 bits per heavy atom. The first-order valence-electron chi connectivity index (χ1n) is 8.58. The molecule has 0 fully saturated rings. The van der Waals surface area contributed by atoms with Crippen LogP contribution in [0.4, 0.5) is 23.2 Å². The molecular formula is C19H9ClF4N4O3S. The minimum absolute atomic E-state index is 0.00535. The number of benzene rings is 2. The van der Waals surface area contributed by atoms with Crippen LogP contribution < -0.4 is 4.72 Å². The van der Waals surface area contributed by atoms with E-state index >= 15 is 4.39 Å². The fourth-order valence-corrected chi connectivity index (χ4v) is 4.35. The number of H-pyrrole nitrogens is 1. The molecule has 0 atom stereocenters. The molecule has 0 saturated heterocycles. The van der Waals surface area contributed by atoms with Crippen LogP contribution in [-0.2, 0) is 10.0 Å². The van der Waals surface area contributed by atoms with Crippen LogP contribution in [-0.4, -0.2) is 29.2 Å². The summed E-state index contributed by atoms with van der Waals surface area (Å²) >= 11 is 5.96. The Morgan fingerprint density at radius 3 is 2.50 bits per heavy atom. The summed E-state index contributed by atoms with van der Waals surface area (Å²) in [6, 6.07) is 2.99. The van der Waals surface area contributed by atoms with Crippen molar-refractivity contribution in [3.63, 3.8) is 0 Å². The quantitative estimate of drug-likeness (QED) is 0.251. The summed E-state index contributed by atoms with van der Waals surface area (Å²) in [5, 5.41) is -0.148. The summed E-state index contributed by atoms with van der Waals surface area (Å²) < 4.78 is 83.4. The van der Waals surface area contributed by atoms with Crippen LogP contribution in [0.1, 0.15) is 15.9 Å². The Morgan fingerprint density at radius 1 is 1.03 bits per heavy atom. The zero-order valence-electron chi connectivity index (χ0n) is 15.5. The first-order valence-corrected chi connectivity index (χ1v) is 10.4. The molecule has 2 aromatic heterocycles. The number of carbonyl (C=O) groups is 1. The monoisotopic (exact) mass is 484 g/mol. The summed E-state index contributed by atoms with van der Waals surface area (Å²) in [6.45, 7) is 0. The van der Waals surface area contributed by atoms with Gasteiger partial charge in [-0.3, -0.25) is 9.52 Å². The number of anilines is 1. The second-order valence-electron chi connectivity index (χ2n) is 6.38. The highest BCUT2D eigenvalue weighted by Gasteiger charge is 2.28. The van der Waals surface area contributed by atoms with Crippen LogP contribution in [0, 0.1) is 23.3 Å². The lowest BCUT2D eigenvalue weighted by atomic mass is 10.0. The Bertz CT molecular complexity index is 1510. The molecule has 4 rings (SSSR count). The van der Waals surface area contributed by atoms with Crippen molar-refractivity contribution in [2.75, 3.05) is 4.72 Å². The van der Waals surface area contributed by atoms with Gasteiger partial charge in [0.05, 0.1) is 22.2 Å². The third-order valence-electron chi connectivity index (χ3n) is 4.41. The topological polar surface area (TPSA) is 105 Å². The van der Waals surface area contributed by atoms with Gasteiger partial charge < -0.3 is 4.98 Å². The van der Waals surface area contributed by atoms with E-state index in [4.69, 9.17) is 11.6 Å². The summed E-state index contributed by atoms with van der Waals surface area (Å²) in [6.07, 6.45) is 2.23. The maximum atomic E-state index is 15.1. The number of aromatic amines is 1. The zero-order chi connectivity index (χ0) is 23.2. The molecule has 0 aliphatic carbocycles. The van der Waals surface area contributed by atoms with Crippen molar-refractivity contribution < 1.29 is 30.8 Å². The van der Waals surface area contributed by atoms with Gasteiger partial charge in [-0.1, -0.05) is 11.6 Å². The number of nitrogens with one attached hydrogen (secondary N) is 2. The molecular weight excluding hydrogens is 476 g/mol. The average Bonchev–Trinajstić information content (AvgIpc) is 3.17. The van der Waals surface area contributed by atoms with Gasteiger partial charge in [-0.25, -0.2) is 35.9 Å². The van der Waals surface area contributed by atoms with Crippen molar-refractivity contribution in [2.24, 2.45) is 0 Å². The Labute approximate surface area is 182 Å². The van der Waals surface area contributed by atoms with E-state index in [1.165, 1.54) is 0 Å². The van der Waals surface area contributed by atoms with Gasteiger partial charge in [-0.15, -0.1) is 0 Å².